The van der Waals surface area contributed by atoms with Gasteiger partial charge >= 0.3 is 0 Å². The fourth-order valence-electron chi connectivity index (χ4n) is 1.51. The number of rotatable bonds is 8. The van der Waals surface area contributed by atoms with Crippen molar-refractivity contribution in [3.05, 3.63) is 27.7 Å². The Kier molecular flexibility index (Phi) is 40.9. The number of Topliss-reactive ketones (excluding diaryl/α,β-unsaturated/α-hetero) is 1. The van der Waals surface area contributed by atoms with Crippen LogP contribution < -0.4 is 11.1 Å². The van der Waals surface area contributed by atoms with Crippen LogP contribution in [0.5, 0.6) is 0 Å². The molecule has 0 unspecified atom stereocenters. The van der Waals surface area contributed by atoms with Crippen LogP contribution in [-0.2, 0) is 75.0 Å². The number of amides is 1. The number of nitrogens with two attached hydrogens (primary N) is 1. The van der Waals surface area contributed by atoms with Gasteiger partial charge in [0.25, 0.3) is 0 Å². The summed E-state index contributed by atoms with van der Waals surface area (Å²) in [4.78, 5) is 21.1. The molecule has 6 heteroatoms. The molecule has 25 heavy (non-hydrogen) atoms. The Balaban J connectivity index is -0.0000000949. The third kappa shape index (κ3) is 45.9. The van der Waals surface area contributed by atoms with Gasteiger partial charge in [-0.05, 0) is 18.3 Å². The van der Waals surface area contributed by atoms with Crippen LogP contribution in [0.3, 0.4) is 0 Å². The van der Waals surface area contributed by atoms with Crippen LogP contribution in [0.2, 0.25) is 0 Å². The average molecular weight is 504 g/mol. The molecule has 0 saturated heterocycles. The Morgan fingerprint density at radius 2 is 1.40 bits per heavy atom. The first-order chi connectivity index (χ1) is 10.7. The third-order valence-electron chi connectivity index (χ3n) is 2.71. The average Bonchev–Trinajstić information content (AvgIpc) is 2.47. The van der Waals surface area contributed by atoms with Crippen molar-refractivity contribution in [1.82, 2.24) is 5.32 Å². The summed E-state index contributed by atoms with van der Waals surface area (Å²) >= 11 is 0. The molecule has 146 valence electrons. The molecule has 0 aromatic rings. The molecule has 0 fully saturated rings. The maximum absolute atomic E-state index is 10.9. The first-order valence-electron chi connectivity index (χ1n) is 8.33. The Bertz CT molecular complexity index is 281. The molecule has 0 heterocycles. The summed E-state index contributed by atoms with van der Waals surface area (Å²) in [5.41, 5.74) is 5.18. The zero-order valence-electron chi connectivity index (χ0n) is 16.7. The first kappa shape index (κ1) is 37.1. The van der Waals surface area contributed by atoms with Gasteiger partial charge in [-0.1, -0.05) is 33.6 Å². The van der Waals surface area contributed by atoms with E-state index in [9.17, 15) is 9.59 Å². The zero-order valence-corrected chi connectivity index (χ0v) is 22.4. The van der Waals surface area contributed by atoms with E-state index >= 15 is 0 Å². The molecule has 0 saturated carbocycles. The normalized spacial score (nSPS) is 9.12. The van der Waals surface area contributed by atoms with Crippen molar-refractivity contribution >= 4 is 11.7 Å². The second-order valence-electron chi connectivity index (χ2n) is 6.30. The van der Waals surface area contributed by atoms with Crippen molar-refractivity contribution in [3.63, 3.8) is 0 Å². The van der Waals surface area contributed by atoms with Crippen LogP contribution in [0.15, 0.2) is 0 Å². The van der Waals surface area contributed by atoms with Crippen molar-refractivity contribution in [3.8, 4) is 0 Å². The Hall–Kier alpha value is 1.31. The van der Waals surface area contributed by atoms with Gasteiger partial charge in [-0.2, -0.15) is 0 Å². The van der Waals surface area contributed by atoms with E-state index < -0.39 is 0 Å². The van der Waals surface area contributed by atoms with Gasteiger partial charge in [-0.15, -0.1) is 25.9 Å². The van der Waals surface area contributed by atoms with Crippen LogP contribution >= 0.6 is 0 Å². The maximum atomic E-state index is 10.9. The summed E-state index contributed by atoms with van der Waals surface area (Å²) in [6.07, 6.45) is 6.22. The fraction of sp³-hybridized carbons (Fsp3) is 0.684. The van der Waals surface area contributed by atoms with E-state index in [1.165, 1.54) is 19.3 Å². The molecule has 0 aliphatic heterocycles. The van der Waals surface area contributed by atoms with Crippen molar-refractivity contribution in [1.29, 1.82) is 0 Å². The second-order valence-corrected chi connectivity index (χ2v) is 6.30. The smallest absolute Gasteiger partial charge is 0.187 e. The number of carbonyl (C=O) groups excluding carboxylic acids is 2. The second kappa shape index (κ2) is 27.5. The van der Waals surface area contributed by atoms with E-state index in [1.54, 1.807) is 0 Å². The standard InChI is InChI=1S/C12H23O.C5H9NO.C2H6N.2Y/c1-5-11(13)9-7-6-8-10-12(2,3)4;1-3-5(7)6-4-2;1-2-3;;/h1,5-10H2,2-4H3;1-4H2,(H,6,7);1-3H2;;/q-1;-2;-1;;. The molecule has 0 spiro atoms. The Morgan fingerprint density at radius 1 is 0.920 bits per heavy atom. The number of nitrogens with one attached hydrogen (secondary N) is 1. The van der Waals surface area contributed by atoms with Gasteiger partial charge in [0.2, 0.25) is 0 Å². The van der Waals surface area contributed by atoms with Crippen molar-refractivity contribution < 1.29 is 75.0 Å². The molecule has 0 rings (SSSR count). The van der Waals surface area contributed by atoms with Crippen molar-refractivity contribution in [2.24, 2.45) is 11.1 Å². The predicted molar refractivity (Wildman–Crippen MR) is 100 cm³/mol. The van der Waals surface area contributed by atoms with E-state index in [4.69, 9.17) is 5.73 Å². The van der Waals surface area contributed by atoms with Gasteiger partial charge in [0.05, 0.1) is 0 Å². The van der Waals surface area contributed by atoms with Crippen molar-refractivity contribution in [2.45, 2.75) is 65.7 Å². The van der Waals surface area contributed by atoms with Crippen LogP contribution in [-0.4, -0.2) is 24.8 Å². The van der Waals surface area contributed by atoms with Gasteiger partial charge in [0, 0.05) is 71.8 Å². The number of ketones is 1. The molecule has 0 atom stereocenters. The predicted octanol–water partition coefficient (Wildman–Crippen LogP) is 3.71. The van der Waals surface area contributed by atoms with Crippen molar-refractivity contribution in [2.75, 3.05) is 13.1 Å². The van der Waals surface area contributed by atoms with Crippen LogP contribution in [0, 0.1) is 33.1 Å². The molecule has 4 nitrogen and oxygen atoms in total. The van der Waals surface area contributed by atoms with Crippen LogP contribution in [0.25, 0.3) is 0 Å². The summed E-state index contributed by atoms with van der Waals surface area (Å²) < 4.78 is 0. The summed E-state index contributed by atoms with van der Waals surface area (Å²) in [5, 5.41) is 2.48. The molecule has 1 amide bonds. The third-order valence-corrected chi connectivity index (χ3v) is 2.71. The van der Waals surface area contributed by atoms with Gasteiger partial charge in [0.1, 0.15) is 5.78 Å². The number of hydrogen-bond donors (Lipinski definition) is 2. The molecule has 2 radical (unpaired) electrons. The molecular weight excluding hydrogens is 466 g/mol. The molecular formula is C19H38N2O2Y2-4. The van der Waals surface area contributed by atoms with Crippen LogP contribution in [0.4, 0.5) is 0 Å². The minimum Gasteiger partial charge on any atom is -0.388 e. The van der Waals surface area contributed by atoms with E-state index in [1.807, 2.05) is 0 Å². The van der Waals surface area contributed by atoms with Gasteiger partial charge < -0.3 is 43.5 Å². The molecule has 0 aliphatic rings. The SMILES string of the molecule is [CH2-]CC(=O)CCCCCC(C)(C)C.[CH2-]CN.[CH2-]CNC(=O)C[CH2-].[Y].[Y]. The van der Waals surface area contributed by atoms with E-state index in [0.717, 1.165) is 12.8 Å². The molecule has 0 aromatic heterocycles. The summed E-state index contributed by atoms with van der Waals surface area (Å²) in [5.74, 6) is 0.255. The minimum atomic E-state index is -0.0463. The minimum absolute atomic E-state index is 0. The monoisotopic (exact) mass is 504 g/mol. The molecule has 0 aliphatic carbocycles. The quantitative estimate of drug-likeness (QED) is 0.391. The fourth-order valence-corrected chi connectivity index (χ4v) is 1.51. The first-order valence-corrected chi connectivity index (χ1v) is 8.33. The zero-order chi connectivity index (χ0) is 18.7. The largest absolute Gasteiger partial charge is 0.388 e. The maximum Gasteiger partial charge on any atom is 0.187 e. The van der Waals surface area contributed by atoms with E-state index in [2.05, 4.69) is 53.8 Å². The summed E-state index contributed by atoms with van der Waals surface area (Å²) in [6.45, 7) is 21.3. The number of carbonyl (C=O) groups is 2. The van der Waals surface area contributed by atoms with E-state index in [-0.39, 0.29) is 71.3 Å². The van der Waals surface area contributed by atoms with Gasteiger partial charge in [-0.3, -0.25) is 4.79 Å². The molecule has 0 bridgehead atoms. The summed E-state index contributed by atoms with van der Waals surface area (Å²) in [7, 11) is 0. The Morgan fingerprint density at radius 3 is 1.68 bits per heavy atom. The van der Waals surface area contributed by atoms with Gasteiger partial charge in [-0.25, -0.2) is 0 Å². The molecule has 3 N–H and O–H groups in total. The van der Waals surface area contributed by atoms with E-state index in [0.29, 0.717) is 37.1 Å². The number of unbranched alkanes of at least 4 members (excludes halogenated alkanes) is 2. The molecule has 0 aromatic carbocycles. The number of hydrogen-bond acceptors (Lipinski definition) is 3. The topological polar surface area (TPSA) is 72.2 Å². The Labute approximate surface area is 207 Å². The summed E-state index contributed by atoms with van der Waals surface area (Å²) in [6, 6.07) is 0. The van der Waals surface area contributed by atoms with Crippen LogP contribution in [0.1, 0.15) is 65.7 Å². The van der Waals surface area contributed by atoms with Gasteiger partial charge in [0.15, 0.2) is 5.91 Å².